The van der Waals surface area contributed by atoms with E-state index < -0.39 is 0 Å². The molecule has 1 saturated carbocycles. The third kappa shape index (κ3) is 3.56. The van der Waals surface area contributed by atoms with Crippen molar-refractivity contribution >= 4 is 28.3 Å². The van der Waals surface area contributed by atoms with Gasteiger partial charge in [0.15, 0.2) is 11.5 Å². The molecule has 1 aliphatic rings. The van der Waals surface area contributed by atoms with E-state index in [2.05, 4.69) is 15.9 Å². The lowest BCUT2D eigenvalue weighted by atomic mass is 9.92. The number of ether oxygens (including phenoxy) is 2. The van der Waals surface area contributed by atoms with E-state index in [0.29, 0.717) is 5.92 Å². The van der Waals surface area contributed by atoms with Gasteiger partial charge in [0, 0.05) is 10.5 Å². The zero-order valence-corrected chi connectivity index (χ0v) is 13.7. The number of hydrogen-bond acceptors (Lipinski definition) is 3. The van der Waals surface area contributed by atoms with Crippen molar-refractivity contribution in [1.29, 1.82) is 0 Å². The highest BCUT2D eigenvalue weighted by Gasteiger charge is 2.25. The third-order valence-corrected chi connectivity index (χ3v) is 4.46. The molecule has 1 aromatic rings. The van der Waals surface area contributed by atoms with Gasteiger partial charge in [0.1, 0.15) is 0 Å². The zero-order chi connectivity index (χ0) is 13.1. The van der Waals surface area contributed by atoms with Gasteiger partial charge < -0.3 is 15.2 Å². The fraction of sp³-hybridized carbons (Fsp3) is 0.571. The summed E-state index contributed by atoms with van der Waals surface area (Å²) < 4.78 is 11.6. The average molecular weight is 351 g/mol. The molecule has 5 heteroatoms. The van der Waals surface area contributed by atoms with E-state index in [1.165, 1.54) is 25.7 Å². The Balaban J connectivity index is 0.00000180. The Labute approximate surface area is 129 Å². The van der Waals surface area contributed by atoms with Crippen molar-refractivity contribution < 1.29 is 9.47 Å². The summed E-state index contributed by atoms with van der Waals surface area (Å²) in [5, 5.41) is 0. The fourth-order valence-corrected chi connectivity index (χ4v) is 3.28. The second kappa shape index (κ2) is 7.36. The molecular formula is C14H21BrClNO2. The van der Waals surface area contributed by atoms with Crippen LogP contribution >= 0.6 is 28.3 Å². The summed E-state index contributed by atoms with van der Waals surface area (Å²) in [5.74, 6) is 2.05. The molecule has 2 N–H and O–H groups in total. The monoisotopic (exact) mass is 349 g/mol. The van der Waals surface area contributed by atoms with Crippen molar-refractivity contribution in [3.63, 3.8) is 0 Å². The molecule has 3 nitrogen and oxygen atoms in total. The Morgan fingerprint density at radius 1 is 1.16 bits per heavy atom. The first-order valence-corrected chi connectivity index (χ1v) is 7.13. The van der Waals surface area contributed by atoms with Gasteiger partial charge in [-0.25, -0.2) is 0 Å². The molecule has 108 valence electrons. The molecule has 0 saturated heterocycles. The van der Waals surface area contributed by atoms with Crippen molar-refractivity contribution in [3.8, 4) is 11.5 Å². The maximum Gasteiger partial charge on any atom is 0.161 e. The first-order chi connectivity index (χ1) is 8.67. The normalized spacial score (nSPS) is 16.8. The minimum atomic E-state index is 0. The van der Waals surface area contributed by atoms with E-state index in [1.54, 1.807) is 14.2 Å². The minimum Gasteiger partial charge on any atom is -0.493 e. The molecule has 0 amide bonds. The number of halogens is 2. The Hall–Kier alpha value is -0.450. The molecule has 2 rings (SSSR count). The molecule has 0 unspecified atom stereocenters. The van der Waals surface area contributed by atoms with E-state index in [9.17, 15) is 0 Å². The van der Waals surface area contributed by atoms with Gasteiger partial charge in [-0.15, -0.1) is 12.4 Å². The van der Waals surface area contributed by atoms with Crippen LogP contribution in [0.1, 0.15) is 37.3 Å². The molecule has 1 aromatic carbocycles. The molecule has 0 radical (unpaired) electrons. The van der Waals surface area contributed by atoms with E-state index in [1.807, 2.05) is 12.1 Å². The number of hydrogen-bond donors (Lipinski definition) is 1. The quantitative estimate of drug-likeness (QED) is 0.890. The lowest BCUT2D eigenvalue weighted by molar-refractivity contribution is 0.352. The van der Waals surface area contributed by atoms with Crippen molar-refractivity contribution in [2.45, 2.75) is 31.7 Å². The second-order valence-electron chi connectivity index (χ2n) is 4.80. The summed E-state index contributed by atoms with van der Waals surface area (Å²) >= 11 is 3.58. The maximum atomic E-state index is 6.39. The van der Waals surface area contributed by atoms with E-state index >= 15 is 0 Å². The van der Waals surface area contributed by atoms with Crippen molar-refractivity contribution in [2.75, 3.05) is 14.2 Å². The zero-order valence-electron chi connectivity index (χ0n) is 11.3. The van der Waals surface area contributed by atoms with Crippen molar-refractivity contribution in [1.82, 2.24) is 0 Å². The van der Waals surface area contributed by atoms with Gasteiger partial charge in [0.2, 0.25) is 0 Å². The molecule has 0 aliphatic heterocycles. The van der Waals surface area contributed by atoms with Crippen LogP contribution in [0.15, 0.2) is 16.6 Å². The maximum absolute atomic E-state index is 6.39. The van der Waals surface area contributed by atoms with Crippen LogP contribution in [0.2, 0.25) is 0 Å². The minimum absolute atomic E-state index is 0. The number of benzene rings is 1. The summed E-state index contributed by atoms with van der Waals surface area (Å²) in [6, 6.07) is 4.00. The highest BCUT2D eigenvalue weighted by Crippen LogP contribution is 2.41. The van der Waals surface area contributed by atoms with Gasteiger partial charge >= 0.3 is 0 Å². The molecule has 1 aliphatic carbocycles. The van der Waals surface area contributed by atoms with Crippen LogP contribution in [-0.4, -0.2) is 14.2 Å². The second-order valence-corrected chi connectivity index (χ2v) is 5.65. The molecule has 1 atom stereocenters. The van der Waals surface area contributed by atoms with Gasteiger partial charge in [-0.2, -0.15) is 0 Å². The Bertz CT molecular complexity index is 422. The van der Waals surface area contributed by atoms with Crippen LogP contribution in [0.25, 0.3) is 0 Å². The average Bonchev–Trinajstić information content (AvgIpc) is 2.91. The first kappa shape index (κ1) is 16.6. The summed E-state index contributed by atoms with van der Waals surface area (Å²) in [4.78, 5) is 0. The van der Waals surface area contributed by atoms with Crippen LogP contribution in [0.3, 0.4) is 0 Å². The summed E-state index contributed by atoms with van der Waals surface area (Å²) in [6.45, 7) is 0. The highest BCUT2D eigenvalue weighted by molar-refractivity contribution is 9.10. The molecule has 0 spiro atoms. The van der Waals surface area contributed by atoms with Gasteiger partial charge in [-0.05, 0) is 36.5 Å². The van der Waals surface area contributed by atoms with E-state index in [-0.39, 0.29) is 18.4 Å². The lowest BCUT2D eigenvalue weighted by Crippen LogP contribution is -2.19. The molecule has 1 fully saturated rings. The van der Waals surface area contributed by atoms with Gasteiger partial charge in [0.05, 0.1) is 14.2 Å². The predicted octanol–water partition coefficient (Wildman–Crippen LogP) is 4.08. The molecular weight excluding hydrogens is 330 g/mol. The largest absolute Gasteiger partial charge is 0.493 e. The Kier molecular flexibility index (Phi) is 6.43. The number of methoxy groups -OCH3 is 2. The molecule has 0 bridgehead atoms. The van der Waals surface area contributed by atoms with Crippen LogP contribution in [-0.2, 0) is 0 Å². The third-order valence-electron chi connectivity index (χ3n) is 3.77. The highest BCUT2D eigenvalue weighted by atomic mass is 79.9. The smallest absolute Gasteiger partial charge is 0.161 e. The van der Waals surface area contributed by atoms with Crippen molar-refractivity contribution in [3.05, 3.63) is 22.2 Å². The number of rotatable bonds is 4. The van der Waals surface area contributed by atoms with Gasteiger partial charge in [-0.3, -0.25) is 0 Å². The van der Waals surface area contributed by atoms with Crippen molar-refractivity contribution in [2.24, 2.45) is 11.7 Å². The SMILES string of the molecule is COc1cc(Br)c([C@@H](N)C2CCCC2)cc1OC.Cl. The molecule has 0 aromatic heterocycles. The fourth-order valence-electron chi connectivity index (χ4n) is 2.70. The summed E-state index contributed by atoms with van der Waals surface area (Å²) in [6.07, 6.45) is 5.04. The Morgan fingerprint density at radius 2 is 1.68 bits per heavy atom. The van der Waals surface area contributed by atoms with Crippen LogP contribution in [0.5, 0.6) is 11.5 Å². The van der Waals surface area contributed by atoms with E-state index in [0.717, 1.165) is 21.5 Å². The summed E-state index contributed by atoms with van der Waals surface area (Å²) in [7, 11) is 3.29. The standard InChI is InChI=1S/C14H20BrNO2.ClH/c1-17-12-7-10(11(15)8-13(12)18-2)14(16)9-5-3-4-6-9;/h7-9,14H,3-6,16H2,1-2H3;1H/t14-;/m0./s1. The predicted molar refractivity (Wildman–Crippen MR) is 83.4 cm³/mol. The van der Waals surface area contributed by atoms with Crippen LogP contribution in [0.4, 0.5) is 0 Å². The van der Waals surface area contributed by atoms with E-state index in [4.69, 9.17) is 15.2 Å². The van der Waals surface area contributed by atoms with Crippen LogP contribution in [0, 0.1) is 5.92 Å². The summed E-state index contributed by atoms with van der Waals surface area (Å²) in [5.41, 5.74) is 7.50. The molecule has 0 heterocycles. The van der Waals surface area contributed by atoms with Gasteiger partial charge in [0.25, 0.3) is 0 Å². The first-order valence-electron chi connectivity index (χ1n) is 6.34. The topological polar surface area (TPSA) is 44.5 Å². The van der Waals surface area contributed by atoms with Gasteiger partial charge in [-0.1, -0.05) is 28.8 Å². The molecule has 19 heavy (non-hydrogen) atoms. The van der Waals surface area contributed by atoms with Crippen LogP contribution < -0.4 is 15.2 Å². The lowest BCUT2D eigenvalue weighted by Gasteiger charge is -2.22. The number of nitrogens with two attached hydrogens (primary N) is 1. The Morgan fingerprint density at radius 3 is 2.21 bits per heavy atom.